The second-order valence-corrected chi connectivity index (χ2v) is 11.9. The van der Waals surface area contributed by atoms with Crippen molar-refractivity contribution < 1.29 is 27.5 Å². The Morgan fingerprint density at radius 2 is 1.68 bits per heavy atom. The number of likely N-dealkylation sites (N-methyl/N-ethyl adjacent to an activating group) is 1. The Balaban J connectivity index is 1.56. The summed E-state index contributed by atoms with van der Waals surface area (Å²) in [6.45, 7) is 4.70. The molecule has 1 aliphatic heterocycles. The van der Waals surface area contributed by atoms with Crippen molar-refractivity contribution >= 4 is 27.5 Å². The average Bonchev–Trinajstić information content (AvgIpc) is 3.42. The molecule has 10 heteroatoms. The number of hydrogen-bond acceptors (Lipinski definition) is 6. The van der Waals surface area contributed by atoms with Gasteiger partial charge in [0.15, 0.2) is 11.5 Å². The summed E-state index contributed by atoms with van der Waals surface area (Å²) in [5, 5.41) is 2.90. The molecule has 0 fully saturated rings. The molecule has 0 saturated carbocycles. The van der Waals surface area contributed by atoms with Crippen molar-refractivity contribution in [2.24, 2.45) is 0 Å². The number of hydrogen-bond donors (Lipinski definition) is 1. The van der Waals surface area contributed by atoms with Gasteiger partial charge < -0.3 is 19.7 Å². The average molecular weight is 580 g/mol. The number of nitrogens with zero attached hydrogens (tertiary/aromatic N) is 2. The van der Waals surface area contributed by atoms with E-state index in [0.29, 0.717) is 30.2 Å². The van der Waals surface area contributed by atoms with E-state index in [2.05, 4.69) is 5.32 Å². The Hall–Kier alpha value is -4.05. The molecule has 0 saturated heterocycles. The van der Waals surface area contributed by atoms with Crippen molar-refractivity contribution in [2.45, 2.75) is 45.7 Å². The minimum absolute atomic E-state index is 0.0626. The van der Waals surface area contributed by atoms with Crippen LogP contribution in [0.3, 0.4) is 0 Å². The van der Waals surface area contributed by atoms with Gasteiger partial charge in [0.2, 0.25) is 28.6 Å². The van der Waals surface area contributed by atoms with Crippen LogP contribution in [0.1, 0.15) is 36.5 Å². The maximum Gasteiger partial charge on any atom is 0.243 e. The summed E-state index contributed by atoms with van der Waals surface area (Å²) in [5.74, 6) is 0.581. The SMILES string of the molecule is CCNC(=O)C(Cc1ccccc1)N(Cc1ccccc1C)C(=O)CCCN(c1ccc2c(c1)OCO2)S(C)(=O)=O. The third kappa shape index (κ3) is 7.79. The number of carbonyl (C=O) groups is 2. The van der Waals surface area contributed by atoms with Gasteiger partial charge in [0, 0.05) is 38.5 Å². The van der Waals surface area contributed by atoms with E-state index in [0.717, 1.165) is 22.9 Å². The molecule has 0 spiro atoms. The molecule has 1 aliphatic rings. The molecular formula is C31H37N3O6S. The lowest BCUT2D eigenvalue weighted by Crippen LogP contribution is -2.50. The number of ether oxygens (including phenoxy) is 2. The smallest absolute Gasteiger partial charge is 0.243 e. The molecule has 41 heavy (non-hydrogen) atoms. The minimum atomic E-state index is -3.64. The molecule has 3 aromatic carbocycles. The molecule has 1 atom stereocenters. The lowest BCUT2D eigenvalue weighted by Gasteiger charge is -2.32. The molecule has 0 aliphatic carbocycles. The zero-order valence-corrected chi connectivity index (χ0v) is 24.5. The van der Waals surface area contributed by atoms with Gasteiger partial charge >= 0.3 is 0 Å². The van der Waals surface area contributed by atoms with Crippen molar-refractivity contribution in [1.29, 1.82) is 0 Å². The summed E-state index contributed by atoms with van der Waals surface area (Å²) in [6.07, 6.45) is 1.82. The summed E-state index contributed by atoms with van der Waals surface area (Å²) < 4.78 is 37.4. The largest absolute Gasteiger partial charge is 0.454 e. The zero-order valence-electron chi connectivity index (χ0n) is 23.7. The van der Waals surface area contributed by atoms with Crippen LogP contribution in [-0.4, -0.2) is 57.3 Å². The molecule has 1 heterocycles. The van der Waals surface area contributed by atoms with E-state index in [1.807, 2.05) is 68.4 Å². The van der Waals surface area contributed by atoms with Crippen molar-refractivity contribution in [2.75, 3.05) is 30.4 Å². The van der Waals surface area contributed by atoms with Gasteiger partial charge in [-0.2, -0.15) is 0 Å². The Bertz CT molecular complexity index is 1460. The predicted octanol–water partition coefficient (Wildman–Crippen LogP) is 4.05. The van der Waals surface area contributed by atoms with Crippen LogP contribution < -0.4 is 19.1 Å². The normalized spacial score (nSPS) is 13.0. The molecule has 0 radical (unpaired) electrons. The molecule has 0 bridgehead atoms. The minimum Gasteiger partial charge on any atom is -0.454 e. The Labute approximate surface area is 242 Å². The monoisotopic (exact) mass is 579 g/mol. The first-order valence-electron chi connectivity index (χ1n) is 13.7. The first-order chi connectivity index (χ1) is 19.7. The lowest BCUT2D eigenvalue weighted by atomic mass is 10.0. The van der Waals surface area contributed by atoms with E-state index < -0.39 is 16.1 Å². The molecule has 1 unspecified atom stereocenters. The number of anilines is 1. The van der Waals surface area contributed by atoms with Crippen LogP contribution in [0.25, 0.3) is 0 Å². The molecule has 1 N–H and O–H groups in total. The van der Waals surface area contributed by atoms with Gasteiger partial charge in [-0.1, -0.05) is 54.6 Å². The van der Waals surface area contributed by atoms with Crippen LogP contribution in [0.5, 0.6) is 11.5 Å². The number of benzene rings is 3. The van der Waals surface area contributed by atoms with Gasteiger partial charge in [-0.25, -0.2) is 8.42 Å². The molecule has 3 aromatic rings. The number of aryl methyl sites for hydroxylation is 1. The third-order valence-electron chi connectivity index (χ3n) is 7.02. The van der Waals surface area contributed by atoms with Crippen molar-refractivity contribution in [1.82, 2.24) is 10.2 Å². The van der Waals surface area contributed by atoms with Crippen LogP contribution in [0, 0.1) is 6.92 Å². The fraction of sp³-hybridized carbons (Fsp3) is 0.355. The Morgan fingerprint density at radius 1 is 0.976 bits per heavy atom. The molecular weight excluding hydrogens is 542 g/mol. The number of rotatable bonds is 13. The van der Waals surface area contributed by atoms with Gasteiger partial charge in [-0.15, -0.1) is 0 Å². The van der Waals surface area contributed by atoms with E-state index in [-0.39, 0.29) is 44.5 Å². The highest BCUT2D eigenvalue weighted by Crippen LogP contribution is 2.36. The second kappa shape index (κ2) is 13.5. The number of carbonyl (C=O) groups excluding carboxylic acids is 2. The highest BCUT2D eigenvalue weighted by molar-refractivity contribution is 7.92. The van der Waals surface area contributed by atoms with E-state index >= 15 is 0 Å². The van der Waals surface area contributed by atoms with Crippen LogP contribution in [0.2, 0.25) is 0 Å². The Morgan fingerprint density at radius 3 is 2.39 bits per heavy atom. The highest BCUT2D eigenvalue weighted by atomic mass is 32.2. The fourth-order valence-electron chi connectivity index (χ4n) is 4.86. The quantitative estimate of drug-likeness (QED) is 0.328. The predicted molar refractivity (Wildman–Crippen MR) is 158 cm³/mol. The van der Waals surface area contributed by atoms with Crippen molar-refractivity contribution in [3.05, 3.63) is 89.5 Å². The summed E-state index contributed by atoms with van der Waals surface area (Å²) in [5.41, 5.74) is 3.34. The summed E-state index contributed by atoms with van der Waals surface area (Å²) in [4.78, 5) is 28.8. The van der Waals surface area contributed by atoms with Gasteiger partial charge in [0.05, 0.1) is 11.9 Å². The molecule has 4 rings (SSSR count). The number of nitrogens with one attached hydrogen (secondary N) is 1. The van der Waals surface area contributed by atoms with Crippen molar-refractivity contribution in [3.63, 3.8) is 0 Å². The topological polar surface area (TPSA) is 105 Å². The van der Waals surface area contributed by atoms with E-state index in [1.165, 1.54) is 4.31 Å². The number of fused-ring (bicyclic) bond motifs is 1. The standard InChI is InChI=1S/C31H37N3O6S/c1-4-32-31(36)27(19-24-12-6-5-7-13-24)33(21-25-14-9-8-11-23(25)2)30(35)15-10-18-34(41(3,37)38)26-16-17-28-29(20-26)40-22-39-28/h5-9,11-14,16-17,20,27H,4,10,15,18-19,21-22H2,1-3H3,(H,32,36). The summed E-state index contributed by atoms with van der Waals surface area (Å²) >= 11 is 0. The van der Waals surface area contributed by atoms with E-state index in [1.54, 1.807) is 23.1 Å². The summed E-state index contributed by atoms with van der Waals surface area (Å²) in [7, 11) is -3.64. The second-order valence-electron chi connectivity index (χ2n) is 10.0. The van der Waals surface area contributed by atoms with Gasteiger partial charge in [0.25, 0.3) is 0 Å². The Kier molecular flexibility index (Phi) is 9.88. The highest BCUT2D eigenvalue weighted by Gasteiger charge is 2.30. The first-order valence-corrected chi connectivity index (χ1v) is 15.5. The van der Waals surface area contributed by atoms with Gasteiger partial charge in [0.1, 0.15) is 6.04 Å². The van der Waals surface area contributed by atoms with Gasteiger partial charge in [-0.3, -0.25) is 13.9 Å². The number of amides is 2. The van der Waals surface area contributed by atoms with E-state index in [4.69, 9.17) is 9.47 Å². The fourth-order valence-corrected chi connectivity index (χ4v) is 5.82. The van der Waals surface area contributed by atoms with Crippen LogP contribution in [0.15, 0.2) is 72.8 Å². The molecule has 218 valence electrons. The molecule has 2 amide bonds. The van der Waals surface area contributed by atoms with Crippen LogP contribution >= 0.6 is 0 Å². The van der Waals surface area contributed by atoms with Crippen LogP contribution in [-0.2, 0) is 32.6 Å². The maximum atomic E-state index is 13.9. The molecule has 0 aromatic heterocycles. The van der Waals surface area contributed by atoms with Crippen LogP contribution in [0.4, 0.5) is 5.69 Å². The van der Waals surface area contributed by atoms with E-state index in [9.17, 15) is 18.0 Å². The maximum absolute atomic E-state index is 13.9. The van der Waals surface area contributed by atoms with Crippen molar-refractivity contribution in [3.8, 4) is 11.5 Å². The lowest BCUT2D eigenvalue weighted by molar-refractivity contribution is -0.141. The molecule has 9 nitrogen and oxygen atoms in total. The summed E-state index contributed by atoms with van der Waals surface area (Å²) in [6, 6.07) is 21.6. The van der Waals surface area contributed by atoms with Gasteiger partial charge in [-0.05, 0) is 49.1 Å². The third-order valence-corrected chi connectivity index (χ3v) is 8.21. The first kappa shape index (κ1) is 29.9. The zero-order chi connectivity index (χ0) is 29.4. The number of sulfonamides is 1.